The number of phosphoric ester groups is 1. The predicted octanol–water partition coefficient (Wildman–Crippen LogP) is 10.6. The van der Waals surface area contributed by atoms with Crippen molar-refractivity contribution in [2.45, 2.75) is 237 Å². The molecule has 12 nitrogen and oxygen atoms in total. The molecule has 0 radical (unpaired) electrons. The van der Waals surface area contributed by atoms with E-state index in [9.17, 15) is 34.4 Å². The van der Waals surface area contributed by atoms with Crippen LogP contribution in [0, 0.1) is 11.8 Å². The van der Waals surface area contributed by atoms with Crippen molar-refractivity contribution in [1.29, 1.82) is 0 Å². The first-order chi connectivity index (χ1) is 29.0. The number of esters is 2. The van der Waals surface area contributed by atoms with Crippen LogP contribution in [0.25, 0.3) is 0 Å². The van der Waals surface area contributed by atoms with E-state index in [0.29, 0.717) is 25.7 Å². The number of aliphatic hydroxyl groups excluding tert-OH is 3. The second-order valence-electron chi connectivity index (χ2n) is 17.3. The van der Waals surface area contributed by atoms with E-state index >= 15 is 0 Å². The molecule has 6 N–H and O–H groups in total. The van der Waals surface area contributed by atoms with Crippen LogP contribution in [0.2, 0.25) is 0 Å². The van der Waals surface area contributed by atoms with Crippen LogP contribution in [0.4, 0.5) is 0 Å². The summed E-state index contributed by atoms with van der Waals surface area (Å²) in [5, 5.41) is 31.4. The van der Waals surface area contributed by atoms with Crippen molar-refractivity contribution in [1.82, 2.24) is 0 Å². The van der Waals surface area contributed by atoms with E-state index in [4.69, 9.17) is 24.3 Å². The molecule has 0 aromatic heterocycles. The van der Waals surface area contributed by atoms with Crippen molar-refractivity contribution in [3.8, 4) is 0 Å². The lowest BCUT2D eigenvalue weighted by molar-refractivity contribution is -0.161. The molecule has 0 aliphatic heterocycles. The van der Waals surface area contributed by atoms with Crippen LogP contribution in [0.1, 0.15) is 213 Å². The fourth-order valence-electron chi connectivity index (χ4n) is 8.09. The molecule has 0 amide bonds. The number of carbonyl (C=O) groups is 2. The number of hydrogen-bond donors (Lipinski definition) is 5. The van der Waals surface area contributed by atoms with E-state index in [1.807, 2.05) is 6.08 Å². The Labute approximate surface area is 365 Å². The lowest BCUT2D eigenvalue weighted by atomic mass is 9.88. The van der Waals surface area contributed by atoms with Crippen molar-refractivity contribution in [3.63, 3.8) is 0 Å². The number of unbranched alkanes of at least 4 members (excludes halogenated alkanes) is 23. The molecular formula is C47H90NO11P. The average molecular weight is 876 g/mol. The molecule has 1 aliphatic carbocycles. The molecular weight excluding hydrogens is 785 g/mol. The highest BCUT2D eigenvalue weighted by Gasteiger charge is 2.39. The van der Waals surface area contributed by atoms with Crippen LogP contribution in [0.5, 0.6) is 0 Å². The molecule has 1 rings (SSSR count). The van der Waals surface area contributed by atoms with Gasteiger partial charge >= 0.3 is 19.8 Å². The van der Waals surface area contributed by atoms with Gasteiger partial charge in [-0.15, -0.1) is 0 Å². The number of ether oxygens (including phenoxy) is 2. The minimum atomic E-state index is -4.43. The minimum Gasteiger partial charge on any atom is -0.462 e. The van der Waals surface area contributed by atoms with Crippen LogP contribution in [-0.2, 0) is 32.7 Å². The van der Waals surface area contributed by atoms with Gasteiger partial charge < -0.3 is 35.4 Å². The summed E-state index contributed by atoms with van der Waals surface area (Å²) in [5.41, 5.74) is 5.36. The first-order valence-electron chi connectivity index (χ1n) is 24.4. The number of hydrogen-bond acceptors (Lipinski definition) is 11. The quantitative estimate of drug-likeness (QED) is 0.0169. The Morgan fingerprint density at radius 2 is 1.15 bits per heavy atom. The normalized spacial score (nSPS) is 20.1. The van der Waals surface area contributed by atoms with Gasteiger partial charge in [0.05, 0.1) is 31.5 Å². The van der Waals surface area contributed by atoms with Crippen molar-refractivity contribution in [2.75, 3.05) is 26.4 Å². The summed E-state index contributed by atoms with van der Waals surface area (Å²) in [6.07, 6.45) is 33.0. The maximum atomic E-state index is 12.7. The Morgan fingerprint density at radius 3 is 1.68 bits per heavy atom. The van der Waals surface area contributed by atoms with E-state index in [1.165, 1.54) is 96.3 Å². The van der Waals surface area contributed by atoms with E-state index in [-0.39, 0.29) is 44.4 Å². The predicted molar refractivity (Wildman–Crippen MR) is 240 cm³/mol. The van der Waals surface area contributed by atoms with Crippen molar-refractivity contribution in [3.05, 3.63) is 12.2 Å². The summed E-state index contributed by atoms with van der Waals surface area (Å²) in [4.78, 5) is 35.2. The Hall–Kier alpha value is -1.37. The molecule has 1 unspecified atom stereocenters. The van der Waals surface area contributed by atoms with Gasteiger partial charge in [-0.3, -0.25) is 18.6 Å². The molecule has 1 aliphatic rings. The standard InChI is InChI=1S/C47H90NO11P/c1-3-5-7-8-9-10-11-12-13-14-15-16-17-18-19-20-21-22-28-32-47(53)59-41(39-58-60(54,55)57-36-35-48)38-56-46(52)31-27-24-23-26-30-42-43(45(51)37-44(42)50)34-33-40(49)29-25-6-4-2/h33-34,40-45,49-51H,3-32,35-39,48H2,1-2H3,(H,54,55)/b34-33+/t40-,41+,42+,43+,44-,45+/m0/s1. The van der Waals surface area contributed by atoms with Crippen LogP contribution < -0.4 is 5.73 Å². The topological polar surface area (TPSA) is 195 Å². The Kier molecular flexibility index (Phi) is 36.0. The highest BCUT2D eigenvalue weighted by atomic mass is 31.2. The Bertz CT molecular complexity index is 1110. The lowest BCUT2D eigenvalue weighted by Gasteiger charge is -2.21. The molecule has 7 atom stereocenters. The van der Waals surface area contributed by atoms with E-state index in [1.54, 1.807) is 6.08 Å². The van der Waals surface area contributed by atoms with Gasteiger partial charge in [0.25, 0.3) is 0 Å². The maximum Gasteiger partial charge on any atom is 0.472 e. The summed E-state index contributed by atoms with van der Waals surface area (Å²) in [6, 6.07) is 0. The molecule has 1 fully saturated rings. The SMILES string of the molecule is CCCCCCCCCCCCCCCCCCCCCC(=O)O[C@H](COC(=O)CCCCCC[C@@H]1[C@@H](/C=C/[C@@H](O)CCCCC)[C@H](O)C[C@@H]1O)COP(=O)(O)OCCN. The van der Waals surface area contributed by atoms with Gasteiger partial charge in [-0.2, -0.15) is 0 Å². The fraction of sp³-hybridized carbons (Fsp3) is 0.915. The highest BCUT2D eigenvalue weighted by molar-refractivity contribution is 7.47. The van der Waals surface area contributed by atoms with Gasteiger partial charge in [-0.05, 0) is 31.6 Å². The van der Waals surface area contributed by atoms with Crippen LogP contribution >= 0.6 is 7.82 Å². The summed E-state index contributed by atoms with van der Waals surface area (Å²) < 4.78 is 32.9. The molecule has 0 spiro atoms. The van der Waals surface area contributed by atoms with Crippen LogP contribution in [0.3, 0.4) is 0 Å². The smallest absolute Gasteiger partial charge is 0.462 e. The number of aliphatic hydroxyl groups is 3. The van der Waals surface area contributed by atoms with Gasteiger partial charge in [0.1, 0.15) is 6.61 Å². The van der Waals surface area contributed by atoms with Gasteiger partial charge in [0.15, 0.2) is 6.10 Å². The summed E-state index contributed by atoms with van der Waals surface area (Å²) >= 11 is 0. The monoisotopic (exact) mass is 876 g/mol. The molecule has 0 aromatic rings. The zero-order valence-electron chi connectivity index (χ0n) is 38.0. The molecule has 0 saturated heterocycles. The summed E-state index contributed by atoms with van der Waals surface area (Å²) in [7, 11) is -4.43. The molecule has 354 valence electrons. The molecule has 0 heterocycles. The fourth-order valence-corrected chi connectivity index (χ4v) is 8.85. The second kappa shape index (κ2) is 38.1. The zero-order chi connectivity index (χ0) is 44.1. The van der Waals surface area contributed by atoms with E-state index in [0.717, 1.165) is 64.2 Å². The number of rotatable bonds is 42. The number of phosphoric acid groups is 1. The molecule has 0 bridgehead atoms. The molecule has 60 heavy (non-hydrogen) atoms. The van der Waals surface area contributed by atoms with Gasteiger partial charge in [-0.1, -0.05) is 180 Å². The van der Waals surface area contributed by atoms with Crippen molar-refractivity contribution in [2.24, 2.45) is 17.6 Å². The van der Waals surface area contributed by atoms with E-state index < -0.39 is 50.8 Å². The molecule has 1 saturated carbocycles. The largest absolute Gasteiger partial charge is 0.472 e. The molecule has 13 heteroatoms. The summed E-state index contributed by atoms with van der Waals surface area (Å²) in [5.74, 6) is -1.23. The number of carbonyl (C=O) groups excluding carboxylic acids is 2. The first-order valence-corrected chi connectivity index (χ1v) is 25.9. The van der Waals surface area contributed by atoms with Gasteiger partial charge in [-0.25, -0.2) is 4.57 Å². The average Bonchev–Trinajstić information content (AvgIpc) is 3.49. The van der Waals surface area contributed by atoms with Crippen molar-refractivity contribution >= 4 is 19.8 Å². The van der Waals surface area contributed by atoms with Crippen LogP contribution in [0.15, 0.2) is 12.2 Å². The zero-order valence-corrected chi connectivity index (χ0v) is 38.9. The minimum absolute atomic E-state index is 0.0250. The van der Waals surface area contributed by atoms with Gasteiger partial charge in [0.2, 0.25) is 0 Å². The van der Waals surface area contributed by atoms with Crippen LogP contribution in [-0.4, -0.2) is 82.9 Å². The third kappa shape index (κ3) is 31.5. The summed E-state index contributed by atoms with van der Waals surface area (Å²) in [6.45, 7) is 3.43. The Morgan fingerprint density at radius 1 is 0.667 bits per heavy atom. The highest BCUT2D eigenvalue weighted by Crippen LogP contribution is 2.43. The maximum absolute atomic E-state index is 12.7. The second-order valence-corrected chi connectivity index (χ2v) is 18.8. The molecule has 0 aromatic carbocycles. The third-order valence-corrected chi connectivity index (χ3v) is 12.7. The van der Waals surface area contributed by atoms with Crippen molar-refractivity contribution < 1.29 is 52.9 Å². The third-order valence-electron chi connectivity index (χ3n) is 11.8. The van der Waals surface area contributed by atoms with Gasteiger partial charge in [0, 0.05) is 31.7 Å². The Balaban J connectivity index is 2.29. The number of nitrogens with two attached hydrogens (primary N) is 1. The van der Waals surface area contributed by atoms with E-state index in [2.05, 4.69) is 13.8 Å². The lowest BCUT2D eigenvalue weighted by Crippen LogP contribution is -2.29. The first kappa shape index (κ1) is 56.6.